The second kappa shape index (κ2) is 8.05. The molecule has 4 aliphatic carbocycles. The van der Waals surface area contributed by atoms with Gasteiger partial charge in [-0.3, -0.25) is 0 Å². The fraction of sp³-hybridized carbons (Fsp3) is 0.778. The lowest BCUT2D eigenvalue weighted by Gasteiger charge is -2.57. The van der Waals surface area contributed by atoms with E-state index in [4.69, 9.17) is 4.43 Å². The summed E-state index contributed by atoms with van der Waals surface area (Å²) < 4.78 is 7.16. The fourth-order valence-corrected chi connectivity index (χ4v) is 10.8. The van der Waals surface area contributed by atoms with Gasteiger partial charge in [0.25, 0.3) is 0 Å². The minimum atomic E-state index is -1.77. The Bertz CT molecular complexity index is 753. The Labute approximate surface area is 186 Å². The van der Waals surface area contributed by atoms with Crippen LogP contribution in [0.15, 0.2) is 34.9 Å². The van der Waals surface area contributed by atoms with Gasteiger partial charge in [-0.05, 0) is 74.4 Å². The minimum absolute atomic E-state index is 0.0166. The summed E-state index contributed by atoms with van der Waals surface area (Å²) in [6.07, 6.45) is 13.3. The molecule has 4 rings (SSSR count). The average molecular weight is 428 g/mol. The van der Waals surface area contributed by atoms with Gasteiger partial charge in [0.2, 0.25) is 0 Å². The van der Waals surface area contributed by atoms with E-state index in [2.05, 4.69) is 59.8 Å². The maximum atomic E-state index is 12.8. The van der Waals surface area contributed by atoms with E-state index in [0.717, 1.165) is 24.6 Å². The summed E-state index contributed by atoms with van der Waals surface area (Å²) in [6, 6.07) is 3.48. The minimum Gasteiger partial charge on any atom is -0.413 e. The first kappa shape index (κ1) is 22.5. The molecule has 0 N–H and O–H groups in total. The summed E-state index contributed by atoms with van der Waals surface area (Å²) in [5.41, 5.74) is 5.12. The molecule has 3 heteroatoms. The lowest BCUT2D eigenvalue weighted by molar-refractivity contribution is -0.0583. The molecule has 0 heterocycles. The predicted octanol–water partition coefficient (Wildman–Crippen LogP) is 7.62. The highest BCUT2D eigenvalue weighted by atomic mass is 28.4. The number of fused-ring (bicyclic) bond motifs is 5. The molecule has 0 aromatic carbocycles. The Morgan fingerprint density at radius 3 is 2.43 bits per heavy atom. The molecule has 1 radical (unpaired) electrons. The zero-order valence-electron chi connectivity index (χ0n) is 20.2. The van der Waals surface area contributed by atoms with Gasteiger partial charge in [0.1, 0.15) is 0 Å². The molecule has 0 aromatic heterocycles. The lowest BCUT2D eigenvalue weighted by atomic mass is 9.50. The fourth-order valence-electron chi connectivity index (χ4n) is 7.81. The molecule has 4 unspecified atom stereocenters. The van der Waals surface area contributed by atoms with E-state index in [9.17, 15) is 5.11 Å². The summed E-state index contributed by atoms with van der Waals surface area (Å²) in [5, 5.41) is 12.8. The van der Waals surface area contributed by atoms with Gasteiger partial charge in [-0.1, -0.05) is 69.6 Å². The normalized spacial score (nSPS) is 42.3. The molecular weight excluding hydrogens is 384 g/mol. The Kier molecular flexibility index (Phi) is 6.05. The van der Waals surface area contributed by atoms with E-state index in [1.807, 2.05) is 0 Å². The molecule has 0 amide bonds. The molecule has 3 saturated carbocycles. The van der Waals surface area contributed by atoms with Crippen molar-refractivity contribution in [3.8, 4) is 0 Å². The van der Waals surface area contributed by atoms with Gasteiger partial charge in [-0.15, -0.1) is 0 Å². The maximum absolute atomic E-state index is 12.8. The Hall–Kier alpha value is -0.643. The molecule has 0 bridgehead atoms. The molecule has 4 aliphatic rings. The van der Waals surface area contributed by atoms with Gasteiger partial charge in [0.15, 0.2) is 8.32 Å². The van der Waals surface area contributed by atoms with Crippen molar-refractivity contribution in [3.05, 3.63) is 34.9 Å². The van der Waals surface area contributed by atoms with E-state index in [0.29, 0.717) is 23.7 Å². The van der Waals surface area contributed by atoms with Crippen LogP contribution in [0.3, 0.4) is 0 Å². The van der Waals surface area contributed by atoms with Crippen LogP contribution in [0.2, 0.25) is 18.1 Å². The molecule has 0 spiro atoms. The zero-order valence-corrected chi connectivity index (χ0v) is 21.2. The van der Waals surface area contributed by atoms with Crippen molar-refractivity contribution >= 4 is 8.32 Å². The van der Waals surface area contributed by atoms with Crippen LogP contribution in [0.1, 0.15) is 80.1 Å². The van der Waals surface area contributed by atoms with Gasteiger partial charge in [-0.25, -0.2) is 5.11 Å². The van der Waals surface area contributed by atoms with Gasteiger partial charge >= 0.3 is 0 Å². The molecule has 167 valence electrons. The zero-order chi connectivity index (χ0) is 21.7. The second-order valence-electron chi connectivity index (χ2n) is 11.0. The molecule has 0 saturated heterocycles. The van der Waals surface area contributed by atoms with Gasteiger partial charge < -0.3 is 4.43 Å². The third-order valence-corrected chi connectivity index (χ3v) is 14.8. The topological polar surface area (TPSA) is 29.1 Å². The largest absolute Gasteiger partial charge is 0.413 e. The number of allylic oxidation sites excluding steroid dienone is 5. The standard InChI is InChI=1S/C27H43O2Si/c1-7-19-12-14-23-22-13-11-20-17-21(28)18-25(29-30(8-2,9-3)10-4)27(20,6)24(22)15-16-26(19,23)5/h7,11,13,21,23-25H,8-10,12,14-18H2,1-6H3/t21?,23?,24?,25?,26-,27+/m1/s1. The van der Waals surface area contributed by atoms with E-state index in [-0.39, 0.29) is 11.5 Å². The van der Waals surface area contributed by atoms with E-state index >= 15 is 0 Å². The highest BCUT2D eigenvalue weighted by molar-refractivity contribution is 6.73. The third kappa shape index (κ3) is 3.18. The monoisotopic (exact) mass is 427 g/mol. The quantitative estimate of drug-likeness (QED) is 0.328. The molecule has 30 heavy (non-hydrogen) atoms. The first-order valence-corrected chi connectivity index (χ1v) is 15.2. The molecule has 0 aliphatic heterocycles. The first-order valence-electron chi connectivity index (χ1n) is 12.7. The molecular formula is C27H43O2Si. The Morgan fingerprint density at radius 2 is 1.80 bits per heavy atom. The van der Waals surface area contributed by atoms with Crippen LogP contribution in [-0.4, -0.2) is 20.5 Å². The van der Waals surface area contributed by atoms with Crippen molar-refractivity contribution in [2.45, 2.75) is 110 Å². The van der Waals surface area contributed by atoms with Crippen molar-refractivity contribution < 1.29 is 9.53 Å². The van der Waals surface area contributed by atoms with Gasteiger partial charge in [0.05, 0.1) is 12.2 Å². The van der Waals surface area contributed by atoms with Crippen LogP contribution in [0.4, 0.5) is 0 Å². The molecule has 3 fully saturated rings. The highest BCUT2D eigenvalue weighted by Crippen LogP contribution is 2.65. The average Bonchev–Trinajstić information content (AvgIpc) is 3.09. The number of rotatable bonds is 5. The van der Waals surface area contributed by atoms with E-state index in [1.165, 1.54) is 31.3 Å². The number of hydrogen-bond donors (Lipinski definition) is 0. The van der Waals surface area contributed by atoms with Crippen molar-refractivity contribution in [1.29, 1.82) is 0 Å². The number of hydrogen-bond acceptors (Lipinski definition) is 1. The highest BCUT2D eigenvalue weighted by Gasteiger charge is 2.58. The SMILES string of the molecule is CC=C1CCC2C3=CC=C4CC([O])CC(O[Si](CC)(CC)CC)[C@]4(C)C3CC[C@]12C. The third-order valence-electron chi connectivity index (χ3n) is 10.1. The van der Waals surface area contributed by atoms with Crippen molar-refractivity contribution in [2.75, 3.05) is 0 Å². The van der Waals surface area contributed by atoms with E-state index in [1.54, 1.807) is 11.1 Å². The Balaban J connectivity index is 1.73. The summed E-state index contributed by atoms with van der Waals surface area (Å²) in [6.45, 7) is 14.2. The van der Waals surface area contributed by atoms with Crippen LogP contribution in [0.5, 0.6) is 0 Å². The van der Waals surface area contributed by atoms with Crippen LogP contribution >= 0.6 is 0 Å². The molecule has 2 nitrogen and oxygen atoms in total. The lowest BCUT2D eigenvalue weighted by Crippen LogP contribution is -2.56. The summed E-state index contributed by atoms with van der Waals surface area (Å²) in [5.74, 6) is 1.23. The Morgan fingerprint density at radius 1 is 1.10 bits per heavy atom. The first-order chi connectivity index (χ1) is 14.3. The molecule has 0 aromatic rings. The maximum Gasteiger partial charge on any atom is 0.192 e. The van der Waals surface area contributed by atoms with Gasteiger partial charge in [0, 0.05) is 11.8 Å². The van der Waals surface area contributed by atoms with Crippen molar-refractivity contribution in [2.24, 2.45) is 22.7 Å². The smallest absolute Gasteiger partial charge is 0.192 e. The van der Waals surface area contributed by atoms with Crippen molar-refractivity contribution in [3.63, 3.8) is 0 Å². The van der Waals surface area contributed by atoms with Crippen LogP contribution in [0, 0.1) is 22.7 Å². The predicted molar refractivity (Wildman–Crippen MR) is 127 cm³/mol. The van der Waals surface area contributed by atoms with E-state index < -0.39 is 14.4 Å². The summed E-state index contributed by atoms with van der Waals surface area (Å²) in [7, 11) is -1.77. The summed E-state index contributed by atoms with van der Waals surface area (Å²) in [4.78, 5) is 0. The van der Waals surface area contributed by atoms with Crippen LogP contribution in [0.25, 0.3) is 0 Å². The van der Waals surface area contributed by atoms with Crippen LogP contribution < -0.4 is 0 Å². The van der Waals surface area contributed by atoms with Crippen molar-refractivity contribution in [1.82, 2.24) is 0 Å². The van der Waals surface area contributed by atoms with Crippen LogP contribution in [-0.2, 0) is 9.53 Å². The summed E-state index contributed by atoms with van der Waals surface area (Å²) >= 11 is 0. The second-order valence-corrected chi connectivity index (χ2v) is 15.7. The van der Waals surface area contributed by atoms with Gasteiger partial charge in [-0.2, -0.15) is 0 Å². The molecule has 6 atom stereocenters.